The summed E-state index contributed by atoms with van der Waals surface area (Å²) in [7, 11) is 0. The van der Waals surface area contributed by atoms with E-state index in [4.69, 9.17) is 45.4 Å². The summed E-state index contributed by atoms with van der Waals surface area (Å²) >= 11 is 18.3. The summed E-state index contributed by atoms with van der Waals surface area (Å²) in [6.07, 6.45) is 3.46. The first-order chi connectivity index (χ1) is 19.5. The second-order valence-electron chi connectivity index (χ2n) is 9.96. The summed E-state index contributed by atoms with van der Waals surface area (Å²) in [5, 5.41) is 16.2. The number of imidazole rings is 1. The highest BCUT2D eigenvalue weighted by molar-refractivity contribution is 7.80. The van der Waals surface area contributed by atoms with Gasteiger partial charge in [0.1, 0.15) is 6.54 Å². The zero-order valence-corrected chi connectivity index (χ0v) is 25.4. The molecule has 3 rings (SSSR count). The van der Waals surface area contributed by atoms with Gasteiger partial charge in [-0.05, 0) is 62.3 Å². The van der Waals surface area contributed by atoms with E-state index in [1.165, 1.54) is 0 Å². The molecule has 0 saturated carbocycles. The number of hydrogen-bond donors (Lipinski definition) is 2. The van der Waals surface area contributed by atoms with Gasteiger partial charge in [-0.3, -0.25) is 9.59 Å². The van der Waals surface area contributed by atoms with E-state index in [1.54, 1.807) is 43.7 Å². The standard InChI is InChI=1S/C29H32Cl2N6O3S/c1-4-40-26(39)15-34-28(41)36(17-22-6-5-7-24(30)27(22)31)18-29(2,3)35-25(38)12-23-14-33-19-37(23)16-21-10-8-20(13-32)9-11-21/h5-11,14,19H,4,12,15-18H2,1-3H3,(H,34,41)(H,35,38). The van der Waals surface area contributed by atoms with E-state index in [0.717, 1.165) is 16.8 Å². The fourth-order valence-corrected chi connectivity index (χ4v) is 4.75. The number of amides is 1. The molecule has 0 fully saturated rings. The number of benzene rings is 2. The predicted octanol–water partition coefficient (Wildman–Crippen LogP) is 4.49. The molecule has 0 aliphatic rings. The number of esters is 1. The Hall–Kier alpha value is -3.65. The Morgan fingerprint density at radius 3 is 2.61 bits per heavy atom. The molecule has 41 heavy (non-hydrogen) atoms. The zero-order valence-electron chi connectivity index (χ0n) is 23.1. The number of ether oxygens (including phenoxy) is 1. The maximum absolute atomic E-state index is 13.2. The normalized spacial score (nSPS) is 10.9. The topological polar surface area (TPSA) is 112 Å². The molecule has 1 heterocycles. The molecule has 2 aromatic carbocycles. The van der Waals surface area contributed by atoms with Gasteiger partial charge in [-0.2, -0.15) is 5.26 Å². The number of nitriles is 1. The summed E-state index contributed by atoms with van der Waals surface area (Å²) in [6, 6.07) is 14.7. The minimum Gasteiger partial charge on any atom is -0.465 e. The first kappa shape index (κ1) is 31.9. The van der Waals surface area contributed by atoms with Gasteiger partial charge in [0.05, 0.1) is 46.6 Å². The first-order valence-corrected chi connectivity index (χ1v) is 14.1. The molecule has 0 saturated heterocycles. The Morgan fingerprint density at radius 2 is 1.93 bits per heavy atom. The minimum atomic E-state index is -0.726. The lowest BCUT2D eigenvalue weighted by Gasteiger charge is -2.35. The van der Waals surface area contributed by atoms with Crippen molar-refractivity contribution in [2.45, 2.75) is 45.8 Å². The van der Waals surface area contributed by atoms with Crippen LogP contribution in [0.4, 0.5) is 0 Å². The van der Waals surface area contributed by atoms with Crippen molar-refractivity contribution in [1.82, 2.24) is 25.1 Å². The number of rotatable bonds is 12. The Morgan fingerprint density at radius 1 is 1.20 bits per heavy atom. The maximum atomic E-state index is 13.2. The Labute approximate surface area is 255 Å². The minimum absolute atomic E-state index is 0.0948. The number of aromatic nitrogens is 2. The van der Waals surface area contributed by atoms with Crippen molar-refractivity contribution >= 4 is 52.4 Å². The molecule has 0 atom stereocenters. The van der Waals surface area contributed by atoms with Crippen LogP contribution in [0.5, 0.6) is 0 Å². The largest absolute Gasteiger partial charge is 0.465 e. The van der Waals surface area contributed by atoms with E-state index >= 15 is 0 Å². The van der Waals surface area contributed by atoms with E-state index < -0.39 is 11.5 Å². The molecule has 216 valence electrons. The molecule has 0 aliphatic heterocycles. The van der Waals surface area contributed by atoms with Crippen LogP contribution in [0.2, 0.25) is 10.0 Å². The smallest absolute Gasteiger partial charge is 0.325 e. The summed E-state index contributed by atoms with van der Waals surface area (Å²) in [6.45, 7) is 6.80. The molecular formula is C29H32Cl2N6O3S. The van der Waals surface area contributed by atoms with Crippen molar-refractivity contribution in [3.63, 3.8) is 0 Å². The van der Waals surface area contributed by atoms with Crippen molar-refractivity contribution in [3.8, 4) is 6.07 Å². The molecule has 9 nitrogen and oxygen atoms in total. The SMILES string of the molecule is CCOC(=O)CNC(=S)N(Cc1cccc(Cl)c1Cl)CC(C)(C)NC(=O)Cc1cncn1Cc1ccc(C#N)cc1. The number of thiocarbonyl (C=S) groups is 1. The van der Waals surface area contributed by atoms with Gasteiger partial charge in [0.25, 0.3) is 0 Å². The number of nitrogens with zero attached hydrogens (tertiary/aromatic N) is 4. The number of carbonyl (C=O) groups excluding carboxylic acids is 2. The second kappa shape index (κ2) is 14.8. The van der Waals surface area contributed by atoms with Gasteiger partial charge in [0.15, 0.2) is 5.11 Å². The van der Waals surface area contributed by atoms with Crippen LogP contribution in [0, 0.1) is 11.3 Å². The predicted molar refractivity (Wildman–Crippen MR) is 163 cm³/mol. The first-order valence-electron chi connectivity index (χ1n) is 12.9. The van der Waals surface area contributed by atoms with Gasteiger partial charge in [0.2, 0.25) is 5.91 Å². The van der Waals surface area contributed by atoms with E-state index in [-0.39, 0.29) is 25.5 Å². The Bertz CT molecular complexity index is 1420. The van der Waals surface area contributed by atoms with Crippen LogP contribution >= 0.6 is 35.4 Å². The van der Waals surface area contributed by atoms with Crippen LogP contribution in [0.1, 0.15) is 43.2 Å². The molecule has 0 aliphatic carbocycles. The van der Waals surface area contributed by atoms with Crippen molar-refractivity contribution in [2.24, 2.45) is 0 Å². The van der Waals surface area contributed by atoms with Crippen molar-refractivity contribution < 1.29 is 14.3 Å². The van der Waals surface area contributed by atoms with Crippen molar-refractivity contribution in [2.75, 3.05) is 19.7 Å². The third-order valence-electron chi connectivity index (χ3n) is 6.01. The molecule has 1 aromatic heterocycles. The van der Waals surface area contributed by atoms with E-state index in [0.29, 0.717) is 40.4 Å². The van der Waals surface area contributed by atoms with Crippen LogP contribution in [-0.4, -0.2) is 56.7 Å². The van der Waals surface area contributed by atoms with Gasteiger partial charge >= 0.3 is 5.97 Å². The van der Waals surface area contributed by atoms with Crippen LogP contribution in [0.15, 0.2) is 55.0 Å². The third kappa shape index (κ3) is 9.74. The average molecular weight is 616 g/mol. The van der Waals surface area contributed by atoms with Gasteiger partial charge < -0.3 is 24.8 Å². The fraction of sp³-hybridized carbons (Fsp3) is 0.345. The number of carbonyl (C=O) groups is 2. The van der Waals surface area contributed by atoms with Crippen LogP contribution < -0.4 is 10.6 Å². The van der Waals surface area contributed by atoms with E-state index in [1.807, 2.05) is 41.5 Å². The summed E-state index contributed by atoms with van der Waals surface area (Å²) in [5.74, 6) is -0.622. The molecule has 0 bridgehead atoms. The van der Waals surface area contributed by atoms with E-state index in [2.05, 4.69) is 21.7 Å². The molecule has 1 amide bonds. The van der Waals surface area contributed by atoms with Crippen LogP contribution in [-0.2, 0) is 33.8 Å². The van der Waals surface area contributed by atoms with Crippen molar-refractivity contribution in [3.05, 3.63) is 87.4 Å². The Kier molecular flexibility index (Phi) is 11.5. The summed E-state index contributed by atoms with van der Waals surface area (Å²) in [4.78, 5) is 31.1. The third-order valence-corrected chi connectivity index (χ3v) is 7.27. The molecule has 3 aromatic rings. The molecular weight excluding hydrogens is 583 g/mol. The molecule has 12 heteroatoms. The van der Waals surface area contributed by atoms with Gasteiger partial charge in [-0.1, -0.05) is 47.5 Å². The highest BCUT2D eigenvalue weighted by Crippen LogP contribution is 2.27. The highest BCUT2D eigenvalue weighted by Gasteiger charge is 2.27. The quantitative estimate of drug-likeness (QED) is 0.227. The summed E-state index contributed by atoms with van der Waals surface area (Å²) < 4.78 is 6.89. The van der Waals surface area contributed by atoms with Gasteiger partial charge in [-0.15, -0.1) is 0 Å². The fourth-order valence-electron chi connectivity index (χ4n) is 4.17. The Balaban J connectivity index is 1.69. The van der Waals surface area contributed by atoms with Crippen LogP contribution in [0.25, 0.3) is 0 Å². The molecule has 0 unspecified atom stereocenters. The van der Waals surface area contributed by atoms with Crippen LogP contribution in [0.3, 0.4) is 0 Å². The second-order valence-corrected chi connectivity index (χ2v) is 11.1. The van der Waals surface area contributed by atoms with E-state index in [9.17, 15) is 9.59 Å². The molecule has 2 N–H and O–H groups in total. The lowest BCUT2D eigenvalue weighted by Crippen LogP contribution is -2.55. The lowest BCUT2D eigenvalue weighted by molar-refractivity contribution is -0.141. The maximum Gasteiger partial charge on any atom is 0.325 e. The molecule has 0 radical (unpaired) electrons. The highest BCUT2D eigenvalue weighted by atomic mass is 35.5. The number of halogens is 2. The lowest BCUT2D eigenvalue weighted by atomic mass is 10.0. The zero-order chi connectivity index (χ0) is 30.0. The average Bonchev–Trinajstić information content (AvgIpc) is 3.35. The number of nitrogens with one attached hydrogen (secondary N) is 2. The summed E-state index contributed by atoms with van der Waals surface area (Å²) in [5.41, 5.74) is 2.34. The van der Waals surface area contributed by atoms with Gasteiger partial charge in [-0.25, -0.2) is 4.98 Å². The number of hydrogen-bond acceptors (Lipinski definition) is 6. The van der Waals surface area contributed by atoms with Gasteiger partial charge in [0, 0.05) is 31.5 Å². The monoisotopic (exact) mass is 614 g/mol. The molecule has 0 spiro atoms. The van der Waals surface area contributed by atoms with Crippen molar-refractivity contribution in [1.29, 1.82) is 5.26 Å².